The molecule has 0 heterocycles. The molecule has 0 bridgehead atoms. The molecule has 122 valence electrons. The Morgan fingerprint density at radius 2 is 1.95 bits per heavy atom. The Kier molecular flexibility index (Phi) is 5.37. The lowest BCUT2D eigenvalue weighted by Crippen LogP contribution is -2.29. The number of nitrogens with one attached hydrogen (secondary N) is 1. The molecule has 1 aliphatic carbocycles. The predicted molar refractivity (Wildman–Crippen MR) is 87.1 cm³/mol. The zero-order chi connectivity index (χ0) is 16.5. The van der Waals surface area contributed by atoms with Gasteiger partial charge in [-0.25, -0.2) is 13.1 Å². The van der Waals surface area contributed by atoms with Crippen molar-refractivity contribution in [3.05, 3.63) is 27.7 Å². The van der Waals surface area contributed by atoms with Crippen LogP contribution in [-0.2, 0) is 10.0 Å². The minimum absolute atomic E-state index is 0.00726. The van der Waals surface area contributed by atoms with Crippen molar-refractivity contribution in [2.45, 2.75) is 37.1 Å². The van der Waals surface area contributed by atoms with E-state index in [2.05, 4.69) is 4.72 Å². The lowest BCUT2D eigenvalue weighted by molar-refractivity contribution is 0.0795. The van der Waals surface area contributed by atoms with Crippen LogP contribution in [0.5, 0.6) is 0 Å². The molecule has 22 heavy (non-hydrogen) atoms. The van der Waals surface area contributed by atoms with E-state index in [0.29, 0.717) is 6.54 Å². The molecule has 0 aromatic heterocycles. The second-order valence-corrected chi connectivity index (χ2v) is 7.88. The number of rotatable bonds is 6. The second-order valence-electron chi connectivity index (χ2n) is 5.38. The van der Waals surface area contributed by atoms with E-state index in [4.69, 9.17) is 23.2 Å². The topological polar surface area (TPSA) is 66.5 Å². The fourth-order valence-corrected chi connectivity index (χ4v) is 4.18. The molecule has 0 aliphatic heterocycles. The Labute approximate surface area is 140 Å². The van der Waals surface area contributed by atoms with Crippen LogP contribution in [0.2, 0.25) is 10.0 Å². The minimum Gasteiger partial charge on any atom is -0.342 e. The van der Waals surface area contributed by atoms with Gasteiger partial charge in [0.15, 0.2) is 0 Å². The first-order valence-electron chi connectivity index (χ1n) is 7.03. The molecule has 0 saturated heterocycles. The Morgan fingerprint density at radius 1 is 1.32 bits per heavy atom. The Bertz CT molecular complexity index is 688. The fraction of sp³-hybridized carbons (Fsp3) is 0.500. The highest BCUT2D eigenvalue weighted by atomic mass is 35.5. The van der Waals surface area contributed by atoms with Gasteiger partial charge >= 0.3 is 0 Å². The van der Waals surface area contributed by atoms with Crippen molar-refractivity contribution in [2.24, 2.45) is 0 Å². The van der Waals surface area contributed by atoms with E-state index >= 15 is 0 Å². The van der Waals surface area contributed by atoms with Crippen LogP contribution >= 0.6 is 23.2 Å². The van der Waals surface area contributed by atoms with Gasteiger partial charge in [-0.1, -0.05) is 30.1 Å². The zero-order valence-electron chi connectivity index (χ0n) is 12.4. The summed E-state index contributed by atoms with van der Waals surface area (Å²) in [7, 11) is -2.10. The van der Waals surface area contributed by atoms with Gasteiger partial charge in [0.05, 0.1) is 15.6 Å². The summed E-state index contributed by atoms with van der Waals surface area (Å²) in [5.74, 6) is -0.327. The summed E-state index contributed by atoms with van der Waals surface area (Å²) in [5, 5.41) is 0.149. The van der Waals surface area contributed by atoms with E-state index in [-0.39, 0.29) is 32.5 Å². The van der Waals surface area contributed by atoms with Crippen molar-refractivity contribution >= 4 is 39.1 Å². The maximum absolute atomic E-state index is 12.4. The Morgan fingerprint density at radius 3 is 2.50 bits per heavy atom. The molecule has 1 fully saturated rings. The van der Waals surface area contributed by atoms with E-state index in [1.165, 1.54) is 17.0 Å². The number of carbonyl (C=O) groups is 1. The number of carbonyl (C=O) groups excluding carboxylic acids is 1. The van der Waals surface area contributed by atoms with Crippen molar-refractivity contribution in [3.8, 4) is 0 Å². The van der Waals surface area contributed by atoms with Crippen LogP contribution in [0.1, 0.15) is 36.5 Å². The maximum atomic E-state index is 12.4. The summed E-state index contributed by atoms with van der Waals surface area (Å²) in [6.07, 6.45) is 2.42. The predicted octanol–water partition coefficient (Wildman–Crippen LogP) is 2.92. The first-order chi connectivity index (χ1) is 10.3. The largest absolute Gasteiger partial charge is 0.342 e. The molecule has 0 spiro atoms. The molecule has 0 atom stereocenters. The van der Waals surface area contributed by atoms with Crippen molar-refractivity contribution in [1.82, 2.24) is 9.62 Å². The molecule has 1 aromatic carbocycles. The first kappa shape index (κ1) is 17.5. The molecule has 1 N–H and O–H groups in total. The summed E-state index contributed by atoms with van der Waals surface area (Å²) < 4.78 is 27.2. The Hall–Kier alpha value is -0.820. The van der Waals surface area contributed by atoms with E-state index in [9.17, 15) is 13.2 Å². The number of sulfonamides is 1. The van der Waals surface area contributed by atoms with Gasteiger partial charge in [0.2, 0.25) is 10.0 Å². The molecule has 8 heteroatoms. The average molecular weight is 365 g/mol. The maximum Gasteiger partial charge on any atom is 0.255 e. The second kappa shape index (κ2) is 6.74. The third-order valence-corrected chi connectivity index (χ3v) is 5.64. The molecular formula is C14H18Cl2N2O3S. The highest BCUT2D eigenvalue weighted by Gasteiger charge is 2.30. The third kappa shape index (κ3) is 3.93. The molecule has 1 aromatic rings. The van der Waals surface area contributed by atoms with Gasteiger partial charge in [-0.15, -0.1) is 0 Å². The SMILES string of the molecule is CCCN(C)C(=O)c1cc(S(=O)(=O)NC2CC2)c(Cl)cc1Cl. The fourth-order valence-electron chi connectivity index (χ4n) is 2.03. The molecule has 2 rings (SSSR count). The van der Waals surface area contributed by atoms with Crippen LogP contribution in [0.4, 0.5) is 0 Å². The minimum atomic E-state index is -3.75. The number of hydrogen-bond acceptors (Lipinski definition) is 3. The standard InChI is InChI=1S/C14H18Cl2N2O3S/c1-3-6-18(2)14(19)10-7-13(12(16)8-11(10)15)22(20,21)17-9-4-5-9/h7-9,17H,3-6H2,1-2H3. The summed E-state index contributed by atoms with van der Waals surface area (Å²) >= 11 is 12.1. The van der Waals surface area contributed by atoms with Gasteiger partial charge in [-0.3, -0.25) is 4.79 Å². The smallest absolute Gasteiger partial charge is 0.255 e. The van der Waals surface area contributed by atoms with E-state index < -0.39 is 10.0 Å². The van der Waals surface area contributed by atoms with Crippen LogP contribution in [0.3, 0.4) is 0 Å². The first-order valence-corrected chi connectivity index (χ1v) is 9.27. The van der Waals surface area contributed by atoms with Crippen molar-refractivity contribution in [2.75, 3.05) is 13.6 Å². The van der Waals surface area contributed by atoms with Crippen LogP contribution in [0.25, 0.3) is 0 Å². The van der Waals surface area contributed by atoms with E-state index in [0.717, 1.165) is 19.3 Å². The number of benzene rings is 1. The average Bonchev–Trinajstić information content (AvgIpc) is 3.21. The van der Waals surface area contributed by atoms with Gasteiger partial charge in [0.1, 0.15) is 4.90 Å². The lowest BCUT2D eigenvalue weighted by atomic mass is 10.2. The van der Waals surface area contributed by atoms with Gasteiger partial charge in [-0.2, -0.15) is 0 Å². The molecule has 0 unspecified atom stereocenters. The molecule has 1 aliphatic rings. The monoisotopic (exact) mass is 364 g/mol. The number of hydrogen-bond donors (Lipinski definition) is 1. The highest BCUT2D eigenvalue weighted by Crippen LogP contribution is 2.31. The van der Waals surface area contributed by atoms with E-state index in [1.54, 1.807) is 7.05 Å². The van der Waals surface area contributed by atoms with Gasteiger partial charge in [-0.05, 0) is 31.4 Å². The molecule has 5 nitrogen and oxygen atoms in total. The number of amides is 1. The van der Waals surface area contributed by atoms with Crippen LogP contribution in [-0.4, -0.2) is 38.9 Å². The van der Waals surface area contributed by atoms with Crippen molar-refractivity contribution < 1.29 is 13.2 Å². The normalized spacial score (nSPS) is 14.9. The summed E-state index contributed by atoms with van der Waals surface area (Å²) in [4.78, 5) is 13.8. The third-order valence-electron chi connectivity index (χ3n) is 3.35. The molecule has 1 amide bonds. The van der Waals surface area contributed by atoms with Gasteiger partial charge in [0, 0.05) is 19.6 Å². The highest BCUT2D eigenvalue weighted by molar-refractivity contribution is 7.89. The quantitative estimate of drug-likeness (QED) is 0.843. The lowest BCUT2D eigenvalue weighted by Gasteiger charge is -2.18. The van der Waals surface area contributed by atoms with Crippen LogP contribution in [0.15, 0.2) is 17.0 Å². The number of nitrogens with zero attached hydrogens (tertiary/aromatic N) is 1. The van der Waals surface area contributed by atoms with Gasteiger partial charge in [0.25, 0.3) is 5.91 Å². The zero-order valence-corrected chi connectivity index (χ0v) is 14.7. The van der Waals surface area contributed by atoms with Crippen LogP contribution in [0, 0.1) is 0 Å². The van der Waals surface area contributed by atoms with Crippen LogP contribution < -0.4 is 4.72 Å². The molecule has 0 radical (unpaired) electrons. The number of halogens is 2. The summed E-state index contributed by atoms with van der Waals surface area (Å²) in [5.41, 5.74) is 0.137. The summed E-state index contributed by atoms with van der Waals surface area (Å²) in [6, 6.07) is 2.51. The van der Waals surface area contributed by atoms with Gasteiger partial charge < -0.3 is 4.90 Å². The molecular weight excluding hydrogens is 347 g/mol. The van der Waals surface area contributed by atoms with Crippen molar-refractivity contribution in [3.63, 3.8) is 0 Å². The van der Waals surface area contributed by atoms with E-state index in [1.807, 2.05) is 6.92 Å². The van der Waals surface area contributed by atoms with Crippen molar-refractivity contribution in [1.29, 1.82) is 0 Å². The summed E-state index contributed by atoms with van der Waals surface area (Å²) in [6.45, 7) is 2.50. The Balaban J connectivity index is 2.40. The molecule has 1 saturated carbocycles.